The molecule has 2 heteroatoms. The van der Waals surface area contributed by atoms with E-state index in [1.807, 2.05) is 0 Å². The number of rotatable bonds is 3. The zero-order chi connectivity index (χ0) is 5.70. The van der Waals surface area contributed by atoms with Gasteiger partial charge in [0.05, 0.1) is 0 Å². The van der Waals surface area contributed by atoms with Crippen LogP contribution in [0.15, 0.2) is 0 Å². The molecule has 0 N–H and O–H groups in total. The second-order valence-electron chi connectivity index (χ2n) is 1.62. The topological polar surface area (TPSA) is 0 Å². The summed E-state index contributed by atoms with van der Waals surface area (Å²) in [7, 11) is 0.621. The average Bonchev–Trinajstić information content (AvgIpc) is 1.72. The van der Waals surface area contributed by atoms with E-state index in [-0.39, 0.29) is 0 Å². The van der Waals surface area contributed by atoms with Crippen molar-refractivity contribution in [3.8, 4) is 0 Å². The smallest absolute Gasteiger partial charge is 0.171 e. The van der Waals surface area contributed by atoms with Gasteiger partial charge in [-0.25, -0.2) is 0 Å². The van der Waals surface area contributed by atoms with Crippen LogP contribution >= 0.6 is 11.1 Å². The maximum absolute atomic E-state index is 5.60. The van der Waals surface area contributed by atoms with Crippen LogP contribution in [-0.2, 0) is 0 Å². The van der Waals surface area contributed by atoms with E-state index >= 15 is 0 Å². The minimum Gasteiger partial charge on any atom is -0.171 e. The number of hydrogen-bond acceptors (Lipinski definition) is 0. The van der Waals surface area contributed by atoms with Gasteiger partial charge in [0.2, 0.25) is 0 Å². The Morgan fingerprint density at radius 3 is 1.86 bits per heavy atom. The standard InChI is InChI=1S/C5H11ClSi/c1-3-5(4-2)7-6/h5H,3-4H2,1-2H3. The maximum atomic E-state index is 5.60. The van der Waals surface area contributed by atoms with Crippen molar-refractivity contribution in [3.05, 3.63) is 0 Å². The van der Waals surface area contributed by atoms with Crippen LogP contribution in [0.4, 0.5) is 0 Å². The molecule has 0 aliphatic heterocycles. The van der Waals surface area contributed by atoms with Crippen molar-refractivity contribution in [3.63, 3.8) is 0 Å². The third kappa shape index (κ3) is 3.12. The van der Waals surface area contributed by atoms with Crippen LogP contribution in [0.1, 0.15) is 26.7 Å². The molecule has 0 spiro atoms. The minimum absolute atomic E-state index is 0.621. The van der Waals surface area contributed by atoms with E-state index in [1.165, 1.54) is 12.8 Å². The summed E-state index contributed by atoms with van der Waals surface area (Å²) in [5.41, 5.74) is 0.779. The van der Waals surface area contributed by atoms with Gasteiger partial charge in [0.1, 0.15) is 0 Å². The van der Waals surface area contributed by atoms with Gasteiger partial charge in [0, 0.05) is 0 Å². The van der Waals surface area contributed by atoms with Crippen molar-refractivity contribution >= 4 is 19.9 Å². The first-order chi connectivity index (χ1) is 3.35. The molecular weight excluding hydrogens is 124 g/mol. The van der Waals surface area contributed by atoms with Crippen molar-refractivity contribution in [1.82, 2.24) is 0 Å². The molecular formula is C5H11ClSi. The summed E-state index contributed by atoms with van der Waals surface area (Å²) in [6.07, 6.45) is 2.47. The quantitative estimate of drug-likeness (QED) is 0.411. The number of halogens is 1. The van der Waals surface area contributed by atoms with Crippen LogP contribution < -0.4 is 0 Å². The van der Waals surface area contributed by atoms with E-state index in [1.54, 1.807) is 0 Å². The highest BCUT2D eigenvalue weighted by Crippen LogP contribution is 2.13. The van der Waals surface area contributed by atoms with Crippen molar-refractivity contribution in [2.24, 2.45) is 0 Å². The lowest BCUT2D eigenvalue weighted by Gasteiger charge is -2.02. The summed E-state index contributed by atoms with van der Waals surface area (Å²) in [6.45, 7) is 4.37. The highest BCUT2D eigenvalue weighted by molar-refractivity contribution is 6.94. The van der Waals surface area contributed by atoms with Crippen molar-refractivity contribution in [2.75, 3.05) is 0 Å². The van der Waals surface area contributed by atoms with Crippen LogP contribution in [0.25, 0.3) is 0 Å². The summed E-state index contributed by atoms with van der Waals surface area (Å²) in [6, 6.07) is 0. The molecule has 0 saturated carbocycles. The Balaban J connectivity index is 2.99. The molecule has 0 saturated heterocycles. The Bertz CT molecular complexity index is 29.6. The lowest BCUT2D eigenvalue weighted by molar-refractivity contribution is 0.766. The molecule has 0 atom stereocenters. The first kappa shape index (κ1) is 7.51. The maximum Gasteiger partial charge on any atom is 0.175 e. The van der Waals surface area contributed by atoms with Gasteiger partial charge in [-0.05, 0) is 5.54 Å². The third-order valence-electron chi connectivity index (χ3n) is 1.14. The average molecular weight is 135 g/mol. The molecule has 0 aliphatic rings. The Kier molecular flexibility index (Phi) is 5.00. The van der Waals surface area contributed by atoms with Gasteiger partial charge in [0.15, 0.2) is 8.83 Å². The molecule has 0 aromatic heterocycles. The molecule has 7 heavy (non-hydrogen) atoms. The van der Waals surface area contributed by atoms with E-state index < -0.39 is 0 Å². The molecule has 42 valence electrons. The van der Waals surface area contributed by atoms with Crippen LogP contribution in [0.2, 0.25) is 5.54 Å². The molecule has 0 bridgehead atoms. The lowest BCUT2D eigenvalue weighted by Crippen LogP contribution is -1.92. The third-order valence-corrected chi connectivity index (χ3v) is 3.19. The van der Waals surface area contributed by atoms with Gasteiger partial charge in [-0.2, -0.15) is 11.1 Å². The summed E-state index contributed by atoms with van der Waals surface area (Å²) in [5.74, 6) is 0. The molecule has 2 radical (unpaired) electrons. The summed E-state index contributed by atoms with van der Waals surface area (Å²) in [4.78, 5) is 0. The van der Waals surface area contributed by atoms with E-state index in [4.69, 9.17) is 11.1 Å². The predicted molar refractivity (Wildman–Crippen MR) is 35.9 cm³/mol. The van der Waals surface area contributed by atoms with E-state index in [2.05, 4.69) is 13.8 Å². The largest absolute Gasteiger partial charge is 0.175 e. The molecule has 0 fully saturated rings. The lowest BCUT2D eigenvalue weighted by atomic mass is 10.3. The van der Waals surface area contributed by atoms with E-state index in [0.29, 0.717) is 8.83 Å². The summed E-state index contributed by atoms with van der Waals surface area (Å²) < 4.78 is 0. The van der Waals surface area contributed by atoms with Crippen LogP contribution in [-0.4, -0.2) is 8.83 Å². The Morgan fingerprint density at radius 2 is 1.86 bits per heavy atom. The Hall–Kier alpha value is 0.507. The minimum atomic E-state index is 0.621. The first-order valence-corrected chi connectivity index (χ1v) is 4.80. The molecule has 0 aromatic carbocycles. The van der Waals surface area contributed by atoms with Crippen LogP contribution in [0.5, 0.6) is 0 Å². The SMILES string of the molecule is CCC(CC)[Si]Cl. The Labute approximate surface area is 52.8 Å². The van der Waals surface area contributed by atoms with Crippen molar-refractivity contribution < 1.29 is 0 Å². The molecule has 0 aliphatic carbocycles. The predicted octanol–water partition coefficient (Wildman–Crippen LogP) is 2.45. The molecule has 0 rings (SSSR count). The van der Waals surface area contributed by atoms with Gasteiger partial charge in [-0.3, -0.25) is 0 Å². The highest BCUT2D eigenvalue weighted by Gasteiger charge is 1.99. The molecule has 0 heterocycles. The van der Waals surface area contributed by atoms with Gasteiger partial charge in [-0.15, -0.1) is 0 Å². The van der Waals surface area contributed by atoms with Gasteiger partial charge in [-0.1, -0.05) is 26.7 Å². The summed E-state index contributed by atoms with van der Waals surface area (Å²) >= 11 is 5.60. The second kappa shape index (κ2) is 4.66. The second-order valence-corrected chi connectivity index (χ2v) is 3.31. The highest BCUT2D eigenvalue weighted by atomic mass is 35.6. The van der Waals surface area contributed by atoms with Gasteiger partial charge >= 0.3 is 0 Å². The van der Waals surface area contributed by atoms with E-state index in [9.17, 15) is 0 Å². The fourth-order valence-corrected chi connectivity index (χ4v) is 1.68. The van der Waals surface area contributed by atoms with Crippen LogP contribution in [0, 0.1) is 0 Å². The fourth-order valence-electron chi connectivity index (χ4n) is 0.443. The number of hydrogen-bond donors (Lipinski definition) is 0. The molecule has 0 unspecified atom stereocenters. The van der Waals surface area contributed by atoms with Gasteiger partial charge < -0.3 is 0 Å². The van der Waals surface area contributed by atoms with Crippen molar-refractivity contribution in [1.29, 1.82) is 0 Å². The zero-order valence-electron chi connectivity index (χ0n) is 4.87. The van der Waals surface area contributed by atoms with Crippen LogP contribution in [0.3, 0.4) is 0 Å². The van der Waals surface area contributed by atoms with E-state index in [0.717, 1.165) is 5.54 Å². The fraction of sp³-hybridized carbons (Fsp3) is 1.00. The zero-order valence-corrected chi connectivity index (χ0v) is 6.63. The molecule has 0 aromatic rings. The monoisotopic (exact) mass is 134 g/mol. The Morgan fingerprint density at radius 1 is 1.43 bits per heavy atom. The van der Waals surface area contributed by atoms with Crippen molar-refractivity contribution in [2.45, 2.75) is 32.2 Å². The molecule has 0 nitrogen and oxygen atoms in total. The molecule has 0 amide bonds. The summed E-state index contributed by atoms with van der Waals surface area (Å²) in [5, 5.41) is 0. The van der Waals surface area contributed by atoms with Gasteiger partial charge in [0.25, 0.3) is 0 Å². The first-order valence-electron chi connectivity index (χ1n) is 2.71. The normalized spacial score (nSPS) is 10.3.